The van der Waals surface area contributed by atoms with Gasteiger partial charge in [0.2, 0.25) is 5.91 Å². The molecule has 0 radical (unpaired) electrons. The second-order valence-corrected chi connectivity index (χ2v) is 6.19. The molecule has 5 atom stereocenters. The summed E-state index contributed by atoms with van der Waals surface area (Å²) < 4.78 is 5.23. The summed E-state index contributed by atoms with van der Waals surface area (Å²) in [6.07, 6.45) is 1.60. The number of carbonyl (C=O) groups excluding carboxylic acids is 1. The molecule has 0 aromatic heterocycles. The van der Waals surface area contributed by atoms with E-state index in [1.807, 2.05) is 0 Å². The van der Waals surface area contributed by atoms with E-state index in [0.29, 0.717) is 6.42 Å². The van der Waals surface area contributed by atoms with E-state index in [1.54, 1.807) is 0 Å². The molecule has 1 rings (SSSR count). The van der Waals surface area contributed by atoms with Crippen molar-refractivity contribution in [2.75, 3.05) is 6.61 Å². The summed E-state index contributed by atoms with van der Waals surface area (Å²) in [5.41, 5.74) is 0. The van der Waals surface area contributed by atoms with Crippen LogP contribution in [0.3, 0.4) is 0 Å². The predicted octanol–water partition coefficient (Wildman–Crippen LogP) is 0.0432. The highest BCUT2D eigenvalue weighted by Crippen LogP contribution is 2.20. The fourth-order valence-electron chi connectivity index (χ4n) is 2.69. The molecule has 1 heterocycles. The lowest BCUT2D eigenvalue weighted by atomic mass is 9.98. The maximum atomic E-state index is 11.9. The first-order valence-corrected chi connectivity index (χ1v) is 8.61. The number of rotatable bonds is 10. The van der Waals surface area contributed by atoms with Gasteiger partial charge in [0, 0.05) is 6.42 Å². The lowest BCUT2D eigenvalue weighted by Crippen LogP contribution is -2.63. The van der Waals surface area contributed by atoms with Crippen LogP contribution in [0.4, 0.5) is 0 Å². The lowest BCUT2D eigenvalue weighted by molar-refractivity contribution is -0.236. The third-order valence-corrected chi connectivity index (χ3v) is 4.20. The summed E-state index contributed by atoms with van der Waals surface area (Å²) in [7, 11) is 0. The Morgan fingerprint density at radius 2 is 1.57 bits per heavy atom. The van der Waals surface area contributed by atoms with Crippen LogP contribution < -0.4 is 5.32 Å². The van der Waals surface area contributed by atoms with E-state index in [9.17, 15) is 20.1 Å². The Morgan fingerprint density at radius 3 is 2.17 bits per heavy atom. The first-order chi connectivity index (χ1) is 11.0. The van der Waals surface area contributed by atoms with Crippen molar-refractivity contribution in [3.05, 3.63) is 0 Å². The van der Waals surface area contributed by atoms with Gasteiger partial charge in [-0.05, 0) is 6.42 Å². The number of hydrogen-bond donors (Lipinski definition) is 5. The SMILES string of the molecule is CCCCCCCCCC(=O)N[C@@H]1O[C@H](CO)[C@@H](O)[C@H](O)[C@H]1O. The summed E-state index contributed by atoms with van der Waals surface area (Å²) in [6, 6.07) is 0. The number of hydrogen-bond acceptors (Lipinski definition) is 6. The zero-order valence-electron chi connectivity index (χ0n) is 13.9. The van der Waals surface area contributed by atoms with Crippen LogP contribution in [0.25, 0.3) is 0 Å². The molecule has 0 aromatic carbocycles. The molecule has 0 aromatic rings. The number of carbonyl (C=O) groups is 1. The highest BCUT2D eigenvalue weighted by Gasteiger charge is 2.43. The van der Waals surface area contributed by atoms with E-state index >= 15 is 0 Å². The van der Waals surface area contributed by atoms with Crippen molar-refractivity contribution in [3.8, 4) is 0 Å². The molecule has 7 nitrogen and oxygen atoms in total. The largest absolute Gasteiger partial charge is 0.394 e. The number of ether oxygens (including phenoxy) is 1. The average molecular weight is 333 g/mol. The molecule has 0 aliphatic carbocycles. The van der Waals surface area contributed by atoms with Crippen molar-refractivity contribution >= 4 is 5.91 Å². The van der Waals surface area contributed by atoms with Gasteiger partial charge in [-0.25, -0.2) is 0 Å². The van der Waals surface area contributed by atoms with Gasteiger partial charge in [-0.3, -0.25) is 4.79 Å². The minimum atomic E-state index is -1.47. The number of unbranched alkanes of at least 4 members (excludes halogenated alkanes) is 6. The van der Waals surface area contributed by atoms with Gasteiger partial charge in [0.25, 0.3) is 0 Å². The molecule has 5 N–H and O–H groups in total. The van der Waals surface area contributed by atoms with Crippen molar-refractivity contribution in [1.82, 2.24) is 5.32 Å². The van der Waals surface area contributed by atoms with E-state index in [0.717, 1.165) is 19.3 Å². The topological polar surface area (TPSA) is 119 Å². The first kappa shape index (κ1) is 20.3. The summed E-state index contributed by atoms with van der Waals surface area (Å²) in [5, 5.41) is 40.7. The van der Waals surface area contributed by atoms with Crippen LogP contribution in [0.1, 0.15) is 58.3 Å². The van der Waals surface area contributed by atoms with Crippen LogP contribution in [-0.2, 0) is 9.53 Å². The molecule has 136 valence electrons. The minimum Gasteiger partial charge on any atom is -0.394 e. The Bertz CT molecular complexity index is 339. The lowest BCUT2D eigenvalue weighted by Gasteiger charge is -2.40. The van der Waals surface area contributed by atoms with Gasteiger partial charge >= 0.3 is 0 Å². The maximum Gasteiger partial charge on any atom is 0.222 e. The minimum absolute atomic E-state index is 0.275. The zero-order chi connectivity index (χ0) is 17.2. The van der Waals surface area contributed by atoms with Crippen LogP contribution in [0.15, 0.2) is 0 Å². The predicted molar refractivity (Wildman–Crippen MR) is 84.5 cm³/mol. The fourth-order valence-corrected chi connectivity index (χ4v) is 2.69. The van der Waals surface area contributed by atoms with Gasteiger partial charge < -0.3 is 30.5 Å². The molecule has 0 saturated carbocycles. The molecule has 0 bridgehead atoms. The molecule has 1 aliphatic heterocycles. The Labute approximate surface area is 137 Å². The third-order valence-electron chi connectivity index (χ3n) is 4.20. The van der Waals surface area contributed by atoms with E-state index in [4.69, 9.17) is 9.84 Å². The second-order valence-electron chi connectivity index (χ2n) is 6.19. The number of amides is 1. The Kier molecular flexibility index (Phi) is 9.66. The molecule has 23 heavy (non-hydrogen) atoms. The van der Waals surface area contributed by atoms with Crippen molar-refractivity contribution < 1.29 is 30.0 Å². The van der Waals surface area contributed by atoms with E-state index in [1.165, 1.54) is 25.7 Å². The fraction of sp³-hybridized carbons (Fsp3) is 0.938. The molecule has 0 unspecified atom stereocenters. The molecular formula is C16H31NO6. The van der Waals surface area contributed by atoms with Crippen molar-refractivity contribution in [3.63, 3.8) is 0 Å². The molecule has 7 heteroatoms. The Hall–Kier alpha value is -0.730. The van der Waals surface area contributed by atoms with E-state index in [-0.39, 0.29) is 5.91 Å². The van der Waals surface area contributed by atoms with Gasteiger partial charge in [0.05, 0.1) is 6.61 Å². The first-order valence-electron chi connectivity index (χ1n) is 8.61. The highest BCUT2D eigenvalue weighted by molar-refractivity contribution is 5.76. The summed E-state index contributed by atoms with van der Waals surface area (Å²) in [4.78, 5) is 11.9. The third kappa shape index (κ3) is 6.73. The van der Waals surface area contributed by atoms with Crippen molar-refractivity contribution in [2.24, 2.45) is 0 Å². The van der Waals surface area contributed by atoms with Crippen LogP contribution in [0.5, 0.6) is 0 Å². The van der Waals surface area contributed by atoms with Crippen molar-refractivity contribution in [1.29, 1.82) is 0 Å². The zero-order valence-corrected chi connectivity index (χ0v) is 13.9. The van der Waals surface area contributed by atoms with Gasteiger partial charge in [-0.1, -0.05) is 45.4 Å². The van der Waals surface area contributed by atoms with E-state index < -0.39 is 37.3 Å². The maximum absolute atomic E-state index is 11.9. The van der Waals surface area contributed by atoms with Crippen LogP contribution >= 0.6 is 0 Å². The second kappa shape index (κ2) is 10.9. The van der Waals surface area contributed by atoms with Gasteiger partial charge in [-0.2, -0.15) is 0 Å². The van der Waals surface area contributed by atoms with Gasteiger partial charge in [0.1, 0.15) is 24.4 Å². The molecule has 1 amide bonds. The average Bonchev–Trinajstić information content (AvgIpc) is 2.54. The monoisotopic (exact) mass is 333 g/mol. The summed E-state index contributed by atoms with van der Waals surface area (Å²) in [6.45, 7) is 1.67. The van der Waals surface area contributed by atoms with Gasteiger partial charge in [0.15, 0.2) is 6.23 Å². The number of nitrogens with one attached hydrogen (secondary N) is 1. The molecular weight excluding hydrogens is 302 g/mol. The van der Waals surface area contributed by atoms with Gasteiger partial charge in [-0.15, -0.1) is 0 Å². The normalized spacial score (nSPS) is 31.1. The van der Waals surface area contributed by atoms with E-state index in [2.05, 4.69) is 12.2 Å². The number of aliphatic hydroxyl groups excluding tert-OH is 4. The van der Waals surface area contributed by atoms with Crippen LogP contribution in [0, 0.1) is 0 Å². The number of aliphatic hydroxyl groups is 4. The van der Waals surface area contributed by atoms with Crippen LogP contribution in [-0.4, -0.2) is 63.6 Å². The molecule has 0 spiro atoms. The van der Waals surface area contributed by atoms with Crippen LogP contribution in [0.2, 0.25) is 0 Å². The highest BCUT2D eigenvalue weighted by atomic mass is 16.6. The molecule has 1 saturated heterocycles. The standard InChI is InChI=1S/C16H31NO6/c1-2-3-4-5-6-7-8-9-12(19)17-16-15(22)14(21)13(20)11(10-18)23-16/h11,13-16,18,20-22H,2-10H2,1H3,(H,17,19)/t11-,13-,14+,15-,16-/m1/s1. The molecule has 1 aliphatic rings. The Morgan fingerprint density at radius 1 is 0.957 bits per heavy atom. The summed E-state index contributed by atoms with van der Waals surface area (Å²) in [5.74, 6) is -0.275. The Balaban J connectivity index is 2.25. The quantitative estimate of drug-likeness (QED) is 0.360. The smallest absolute Gasteiger partial charge is 0.222 e. The van der Waals surface area contributed by atoms with Crippen molar-refractivity contribution in [2.45, 2.75) is 88.9 Å². The molecule has 1 fully saturated rings. The summed E-state index contributed by atoms with van der Waals surface area (Å²) >= 11 is 0.